The van der Waals surface area contributed by atoms with Crippen molar-refractivity contribution in [2.45, 2.75) is 0 Å². The largest absolute Gasteiger partial charge is 0.398 e. The number of anilines is 1. The van der Waals surface area contributed by atoms with E-state index in [1.165, 1.54) is 18.4 Å². The predicted octanol–water partition coefficient (Wildman–Crippen LogP) is 0.275. The van der Waals surface area contributed by atoms with Crippen LogP contribution in [0.25, 0.3) is 0 Å². The zero-order valence-corrected chi connectivity index (χ0v) is 7.17. The molecule has 0 atom stereocenters. The van der Waals surface area contributed by atoms with Crippen molar-refractivity contribution in [3.05, 3.63) is 11.1 Å². The number of nitrogens with zero attached hydrogens (tertiary/aromatic N) is 2. The molecule has 0 spiro atoms. The van der Waals surface area contributed by atoms with Crippen LogP contribution in [-0.4, -0.2) is 24.1 Å². The normalized spacial score (nSPS) is 11.2. The minimum absolute atomic E-state index is 0.144. The Morgan fingerprint density at radius 2 is 2.67 bits per heavy atom. The standard InChI is InChI=1S/C6H7N3O2S/c1-11-9-4(2-10)5-3-12-6(7)8-5/h2-3H,1H3,(H2,7,8)/b9-4-. The highest BCUT2D eigenvalue weighted by atomic mass is 32.1. The van der Waals surface area contributed by atoms with Crippen LogP contribution in [-0.2, 0) is 9.63 Å². The first kappa shape index (κ1) is 8.66. The Kier molecular flexibility index (Phi) is 2.76. The van der Waals surface area contributed by atoms with Crippen molar-refractivity contribution < 1.29 is 9.63 Å². The highest BCUT2D eigenvalue weighted by Crippen LogP contribution is 2.11. The quantitative estimate of drug-likeness (QED) is 0.416. The molecule has 1 heterocycles. The summed E-state index contributed by atoms with van der Waals surface area (Å²) in [7, 11) is 1.36. The summed E-state index contributed by atoms with van der Waals surface area (Å²) in [5.41, 5.74) is 5.95. The zero-order chi connectivity index (χ0) is 8.97. The van der Waals surface area contributed by atoms with Crippen molar-refractivity contribution in [2.24, 2.45) is 5.16 Å². The summed E-state index contributed by atoms with van der Waals surface area (Å²) in [4.78, 5) is 18.7. The summed E-state index contributed by atoms with van der Waals surface area (Å²) < 4.78 is 0. The fourth-order valence-corrected chi connectivity index (χ4v) is 1.19. The highest BCUT2D eigenvalue weighted by molar-refractivity contribution is 7.13. The lowest BCUT2D eigenvalue weighted by Crippen LogP contribution is -2.03. The Morgan fingerprint density at radius 3 is 3.08 bits per heavy atom. The smallest absolute Gasteiger partial charge is 0.180 e. The number of rotatable bonds is 3. The molecule has 64 valence electrons. The van der Waals surface area contributed by atoms with Crippen LogP contribution in [0.15, 0.2) is 10.5 Å². The summed E-state index contributed by atoms with van der Waals surface area (Å²) in [5.74, 6) is 0. The molecule has 0 saturated heterocycles. The maximum absolute atomic E-state index is 10.4. The summed E-state index contributed by atoms with van der Waals surface area (Å²) in [5, 5.41) is 5.50. The lowest BCUT2D eigenvalue weighted by Gasteiger charge is -1.90. The molecule has 12 heavy (non-hydrogen) atoms. The molecule has 5 nitrogen and oxygen atoms in total. The number of nitrogens with two attached hydrogens (primary N) is 1. The fraction of sp³-hybridized carbons (Fsp3) is 0.167. The van der Waals surface area contributed by atoms with Gasteiger partial charge in [0.2, 0.25) is 0 Å². The molecule has 0 fully saturated rings. The topological polar surface area (TPSA) is 77.6 Å². The van der Waals surface area contributed by atoms with E-state index in [0.717, 1.165) is 0 Å². The molecule has 0 aliphatic heterocycles. The molecule has 1 rings (SSSR count). The number of hydrogen-bond acceptors (Lipinski definition) is 6. The minimum atomic E-state index is 0.144. The van der Waals surface area contributed by atoms with E-state index in [1.807, 2.05) is 0 Å². The van der Waals surface area contributed by atoms with Crippen LogP contribution in [0.2, 0.25) is 0 Å². The molecule has 0 aliphatic rings. The Balaban J connectivity index is 2.94. The molecule has 0 amide bonds. The molecule has 1 aromatic heterocycles. The molecule has 0 unspecified atom stereocenters. The first-order valence-corrected chi connectivity index (χ1v) is 3.93. The van der Waals surface area contributed by atoms with Gasteiger partial charge in [-0.1, -0.05) is 5.16 Å². The molecule has 0 bridgehead atoms. The number of carbonyl (C=O) groups excluding carboxylic acids is 1. The van der Waals surface area contributed by atoms with E-state index < -0.39 is 0 Å². The zero-order valence-electron chi connectivity index (χ0n) is 6.35. The monoisotopic (exact) mass is 185 g/mol. The van der Waals surface area contributed by atoms with E-state index in [-0.39, 0.29) is 5.71 Å². The van der Waals surface area contributed by atoms with Crippen LogP contribution >= 0.6 is 11.3 Å². The number of oxime groups is 1. The Bertz CT molecular complexity index is 307. The van der Waals surface area contributed by atoms with Crippen LogP contribution < -0.4 is 5.73 Å². The second kappa shape index (κ2) is 3.82. The van der Waals surface area contributed by atoms with E-state index in [1.54, 1.807) is 5.38 Å². The second-order valence-corrected chi connectivity index (χ2v) is 2.74. The van der Waals surface area contributed by atoms with Gasteiger partial charge in [-0.05, 0) is 0 Å². The maximum atomic E-state index is 10.4. The van der Waals surface area contributed by atoms with Gasteiger partial charge in [-0.15, -0.1) is 11.3 Å². The van der Waals surface area contributed by atoms with Gasteiger partial charge in [0.25, 0.3) is 0 Å². The number of carbonyl (C=O) groups is 1. The summed E-state index contributed by atoms with van der Waals surface area (Å²) in [6, 6.07) is 0. The SMILES string of the molecule is CO/N=C(/C=O)c1csc(N)n1. The van der Waals surface area contributed by atoms with Crippen molar-refractivity contribution >= 4 is 28.5 Å². The van der Waals surface area contributed by atoms with Gasteiger partial charge < -0.3 is 10.6 Å². The number of aldehydes is 1. The van der Waals surface area contributed by atoms with Gasteiger partial charge in [-0.25, -0.2) is 4.98 Å². The highest BCUT2D eigenvalue weighted by Gasteiger charge is 2.06. The average Bonchev–Trinajstić information content (AvgIpc) is 2.47. The first-order valence-electron chi connectivity index (χ1n) is 3.05. The molecule has 2 N–H and O–H groups in total. The Labute approximate surface area is 72.9 Å². The summed E-state index contributed by atoms with van der Waals surface area (Å²) in [6.45, 7) is 0. The van der Waals surface area contributed by atoms with Crippen molar-refractivity contribution in [3.8, 4) is 0 Å². The van der Waals surface area contributed by atoms with E-state index in [0.29, 0.717) is 17.1 Å². The molecule has 0 saturated carbocycles. The lowest BCUT2D eigenvalue weighted by molar-refractivity contribution is -0.102. The van der Waals surface area contributed by atoms with Gasteiger partial charge in [-0.3, -0.25) is 4.79 Å². The van der Waals surface area contributed by atoms with E-state index >= 15 is 0 Å². The van der Waals surface area contributed by atoms with E-state index in [2.05, 4.69) is 15.0 Å². The van der Waals surface area contributed by atoms with Crippen molar-refractivity contribution in [2.75, 3.05) is 12.8 Å². The van der Waals surface area contributed by atoms with Crippen LogP contribution in [0.3, 0.4) is 0 Å². The fourth-order valence-electron chi connectivity index (χ4n) is 0.632. The van der Waals surface area contributed by atoms with E-state index in [4.69, 9.17) is 5.73 Å². The Morgan fingerprint density at radius 1 is 1.92 bits per heavy atom. The first-order chi connectivity index (χ1) is 5.77. The van der Waals surface area contributed by atoms with Gasteiger partial charge in [0.15, 0.2) is 17.1 Å². The van der Waals surface area contributed by atoms with Gasteiger partial charge in [0, 0.05) is 5.38 Å². The number of hydrogen-bond donors (Lipinski definition) is 1. The van der Waals surface area contributed by atoms with E-state index in [9.17, 15) is 4.79 Å². The number of aromatic nitrogens is 1. The lowest BCUT2D eigenvalue weighted by atomic mass is 10.3. The third-order valence-electron chi connectivity index (χ3n) is 1.09. The van der Waals surface area contributed by atoms with Crippen LogP contribution in [0.1, 0.15) is 5.69 Å². The molecule has 0 aromatic carbocycles. The van der Waals surface area contributed by atoms with Gasteiger partial charge in [-0.2, -0.15) is 0 Å². The van der Waals surface area contributed by atoms with Crippen molar-refractivity contribution in [1.82, 2.24) is 4.98 Å². The number of thiazole rings is 1. The van der Waals surface area contributed by atoms with Crippen molar-refractivity contribution in [1.29, 1.82) is 0 Å². The number of nitrogen functional groups attached to an aromatic ring is 1. The molecule has 6 heteroatoms. The maximum Gasteiger partial charge on any atom is 0.180 e. The summed E-state index contributed by atoms with van der Waals surface area (Å²) in [6.07, 6.45) is 0.567. The molecular weight excluding hydrogens is 178 g/mol. The molecular formula is C6H7N3O2S. The van der Waals surface area contributed by atoms with Crippen LogP contribution in [0.5, 0.6) is 0 Å². The van der Waals surface area contributed by atoms with Gasteiger partial charge >= 0.3 is 0 Å². The minimum Gasteiger partial charge on any atom is -0.398 e. The molecule has 0 radical (unpaired) electrons. The molecule has 1 aromatic rings. The van der Waals surface area contributed by atoms with Gasteiger partial charge in [0.1, 0.15) is 12.8 Å². The van der Waals surface area contributed by atoms with Crippen LogP contribution in [0.4, 0.5) is 5.13 Å². The predicted molar refractivity (Wildman–Crippen MR) is 46.1 cm³/mol. The van der Waals surface area contributed by atoms with Crippen molar-refractivity contribution in [3.63, 3.8) is 0 Å². The Hall–Kier alpha value is -1.43. The third kappa shape index (κ3) is 1.79. The average molecular weight is 185 g/mol. The second-order valence-electron chi connectivity index (χ2n) is 1.85. The van der Waals surface area contributed by atoms with Crippen LogP contribution in [0, 0.1) is 0 Å². The summed E-state index contributed by atoms with van der Waals surface area (Å²) >= 11 is 1.25. The van der Waals surface area contributed by atoms with Gasteiger partial charge in [0.05, 0.1) is 0 Å². The molecule has 0 aliphatic carbocycles. The third-order valence-corrected chi connectivity index (χ3v) is 1.76.